The van der Waals surface area contributed by atoms with Crippen molar-refractivity contribution in [2.75, 3.05) is 4.72 Å². The Morgan fingerprint density at radius 3 is 2.53 bits per heavy atom. The third kappa shape index (κ3) is 4.42. The minimum atomic E-state index is -3.75. The normalized spacial score (nSPS) is 11.3. The SMILES string of the molecule is Cc1nccn1-c1cc(Oc2ccc(NS(=O)(=O)c3cccc(Cl)c3)cc2)ncn1. The Kier molecular flexibility index (Phi) is 5.39. The molecule has 0 saturated heterocycles. The first kappa shape index (κ1) is 19.9. The highest BCUT2D eigenvalue weighted by Crippen LogP contribution is 2.24. The molecule has 152 valence electrons. The number of ether oxygens (including phenoxy) is 1. The van der Waals surface area contributed by atoms with Crippen molar-refractivity contribution in [3.05, 3.63) is 84.2 Å². The number of halogens is 1. The second kappa shape index (κ2) is 8.13. The van der Waals surface area contributed by atoms with Crippen LogP contribution in [0.15, 0.2) is 78.2 Å². The topological polar surface area (TPSA) is 99.0 Å². The molecule has 0 saturated carbocycles. The molecule has 1 N–H and O–H groups in total. The molecule has 10 heteroatoms. The lowest BCUT2D eigenvalue weighted by atomic mass is 10.3. The molecule has 0 fully saturated rings. The maximum absolute atomic E-state index is 12.5. The second-order valence-electron chi connectivity index (χ2n) is 6.25. The molecule has 4 rings (SSSR count). The molecule has 0 aliphatic carbocycles. The van der Waals surface area contributed by atoms with Crippen molar-refractivity contribution in [3.63, 3.8) is 0 Å². The predicted molar refractivity (Wildman–Crippen MR) is 113 cm³/mol. The molecule has 0 unspecified atom stereocenters. The van der Waals surface area contributed by atoms with Gasteiger partial charge in [0.25, 0.3) is 10.0 Å². The third-order valence-electron chi connectivity index (χ3n) is 4.14. The lowest BCUT2D eigenvalue weighted by Crippen LogP contribution is -2.12. The van der Waals surface area contributed by atoms with Crippen LogP contribution < -0.4 is 9.46 Å². The largest absolute Gasteiger partial charge is 0.439 e. The van der Waals surface area contributed by atoms with Crippen LogP contribution in [-0.4, -0.2) is 27.9 Å². The van der Waals surface area contributed by atoms with Gasteiger partial charge in [-0.15, -0.1) is 0 Å². The van der Waals surface area contributed by atoms with Gasteiger partial charge in [0.1, 0.15) is 23.7 Å². The van der Waals surface area contributed by atoms with Crippen LogP contribution in [0, 0.1) is 6.92 Å². The summed E-state index contributed by atoms with van der Waals surface area (Å²) in [7, 11) is -3.75. The van der Waals surface area contributed by atoms with Crippen molar-refractivity contribution < 1.29 is 13.2 Å². The molecule has 4 aromatic rings. The van der Waals surface area contributed by atoms with E-state index >= 15 is 0 Å². The van der Waals surface area contributed by atoms with E-state index in [-0.39, 0.29) is 4.90 Å². The summed E-state index contributed by atoms with van der Waals surface area (Å²) in [5, 5.41) is 0.344. The molecular formula is C20H16ClN5O3S. The Morgan fingerprint density at radius 2 is 1.83 bits per heavy atom. The number of rotatable bonds is 6. The van der Waals surface area contributed by atoms with Gasteiger partial charge in [-0.05, 0) is 49.4 Å². The summed E-state index contributed by atoms with van der Waals surface area (Å²) in [6.45, 7) is 1.87. The highest BCUT2D eigenvalue weighted by Gasteiger charge is 2.14. The number of anilines is 1. The van der Waals surface area contributed by atoms with Crippen LogP contribution in [0.5, 0.6) is 11.6 Å². The van der Waals surface area contributed by atoms with Crippen LogP contribution >= 0.6 is 11.6 Å². The maximum atomic E-state index is 12.5. The van der Waals surface area contributed by atoms with E-state index in [9.17, 15) is 8.42 Å². The minimum Gasteiger partial charge on any atom is -0.439 e. The lowest BCUT2D eigenvalue weighted by molar-refractivity contribution is 0.461. The van der Waals surface area contributed by atoms with Crippen molar-refractivity contribution in [1.29, 1.82) is 0 Å². The van der Waals surface area contributed by atoms with Gasteiger partial charge in [0.05, 0.1) is 4.90 Å². The van der Waals surface area contributed by atoms with Gasteiger partial charge in [0, 0.05) is 29.2 Å². The summed E-state index contributed by atoms with van der Waals surface area (Å²) in [6.07, 6.45) is 4.88. The van der Waals surface area contributed by atoms with Crippen LogP contribution in [0.1, 0.15) is 5.82 Å². The Morgan fingerprint density at radius 1 is 1.03 bits per heavy atom. The molecule has 30 heavy (non-hydrogen) atoms. The van der Waals surface area contributed by atoms with Crippen molar-refractivity contribution in [2.45, 2.75) is 11.8 Å². The molecule has 0 aliphatic heterocycles. The van der Waals surface area contributed by atoms with Crippen LogP contribution in [0.25, 0.3) is 5.82 Å². The number of sulfonamides is 1. The van der Waals surface area contributed by atoms with E-state index in [2.05, 4.69) is 19.7 Å². The number of nitrogens with zero attached hydrogens (tertiary/aromatic N) is 4. The zero-order chi connectivity index (χ0) is 21.1. The van der Waals surface area contributed by atoms with Gasteiger partial charge in [-0.3, -0.25) is 9.29 Å². The average Bonchev–Trinajstić information content (AvgIpc) is 3.15. The van der Waals surface area contributed by atoms with E-state index in [1.807, 2.05) is 11.5 Å². The first-order valence-electron chi connectivity index (χ1n) is 8.79. The standard InChI is InChI=1S/C20H16ClN5O3S/c1-14-22-9-10-26(14)19-12-20(24-13-23-19)29-17-7-5-16(6-8-17)25-30(27,28)18-4-2-3-15(21)11-18/h2-13,25H,1H3. The molecule has 0 atom stereocenters. The molecule has 2 heterocycles. The van der Waals surface area contributed by atoms with Crippen molar-refractivity contribution in [3.8, 4) is 17.4 Å². The van der Waals surface area contributed by atoms with E-state index in [0.29, 0.717) is 28.2 Å². The zero-order valence-corrected chi connectivity index (χ0v) is 17.3. The fourth-order valence-corrected chi connectivity index (χ4v) is 4.06. The first-order valence-corrected chi connectivity index (χ1v) is 10.7. The quantitative estimate of drug-likeness (QED) is 0.481. The van der Waals surface area contributed by atoms with Gasteiger partial charge in [-0.25, -0.2) is 23.4 Å². The molecule has 2 aromatic heterocycles. The number of hydrogen-bond acceptors (Lipinski definition) is 6. The summed E-state index contributed by atoms with van der Waals surface area (Å²) in [5.41, 5.74) is 0.389. The van der Waals surface area contributed by atoms with Crippen molar-refractivity contribution >= 4 is 27.3 Å². The highest BCUT2D eigenvalue weighted by atomic mass is 35.5. The van der Waals surface area contributed by atoms with E-state index < -0.39 is 10.0 Å². The monoisotopic (exact) mass is 441 g/mol. The van der Waals surface area contributed by atoms with Crippen LogP contribution in [0.4, 0.5) is 5.69 Å². The smallest absolute Gasteiger partial charge is 0.261 e. The van der Waals surface area contributed by atoms with Gasteiger partial charge < -0.3 is 4.74 Å². The minimum absolute atomic E-state index is 0.0821. The second-order valence-corrected chi connectivity index (χ2v) is 8.37. The van der Waals surface area contributed by atoms with Gasteiger partial charge in [-0.2, -0.15) is 0 Å². The maximum Gasteiger partial charge on any atom is 0.261 e. The fraction of sp³-hybridized carbons (Fsp3) is 0.0500. The van der Waals surface area contributed by atoms with Crippen molar-refractivity contribution in [1.82, 2.24) is 19.5 Å². The number of nitrogens with one attached hydrogen (secondary N) is 1. The Bertz CT molecular complexity index is 1290. The van der Waals surface area contributed by atoms with Crippen molar-refractivity contribution in [2.24, 2.45) is 0 Å². The summed E-state index contributed by atoms with van der Waals surface area (Å²) in [6, 6.07) is 14.2. The highest BCUT2D eigenvalue weighted by molar-refractivity contribution is 7.92. The summed E-state index contributed by atoms with van der Waals surface area (Å²) in [4.78, 5) is 12.6. The first-order chi connectivity index (χ1) is 14.4. The van der Waals surface area contributed by atoms with Crippen LogP contribution in [-0.2, 0) is 10.0 Å². The van der Waals surface area contributed by atoms with E-state index in [0.717, 1.165) is 5.82 Å². The predicted octanol–water partition coefficient (Wildman–Crippen LogP) is 4.22. The summed E-state index contributed by atoms with van der Waals surface area (Å²) < 4.78 is 35.0. The number of hydrogen-bond donors (Lipinski definition) is 1. The average molecular weight is 442 g/mol. The summed E-state index contributed by atoms with van der Waals surface area (Å²) in [5.74, 6) is 2.25. The molecule has 2 aromatic carbocycles. The molecule has 0 bridgehead atoms. The van der Waals surface area contributed by atoms with Gasteiger partial charge in [-0.1, -0.05) is 17.7 Å². The molecule has 0 radical (unpaired) electrons. The number of imidazole rings is 1. The Balaban J connectivity index is 1.49. The number of benzene rings is 2. The molecule has 0 aliphatic rings. The zero-order valence-electron chi connectivity index (χ0n) is 15.7. The summed E-state index contributed by atoms with van der Waals surface area (Å²) >= 11 is 5.88. The van der Waals surface area contributed by atoms with E-state index in [1.54, 1.807) is 54.9 Å². The van der Waals surface area contributed by atoms with E-state index in [1.165, 1.54) is 18.5 Å². The molecular weight excluding hydrogens is 426 g/mol. The molecule has 0 spiro atoms. The number of aryl methyl sites for hydroxylation is 1. The Hall–Kier alpha value is -3.43. The molecule has 8 nitrogen and oxygen atoms in total. The van der Waals surface area contributed by atoms with Crippen LogP contribution in [0.2, 0.25) is 5.02 Å². The number of aromatic nitrogens is 4. The van der Waals surface area contributed by atoms with E-state index in [4.69, 9.17) is 16.3 Å². The fourth-order valence-electron chi connectivity index (χ4n) is 2.70. The van der Waals surface area contributed by atoms with Gasteiger partial charge >= 0.3 is 0 Å². The molecule has 0 amide bonds. The lowest BCUT2D eigenvalue weighted by Gasteiger charge is -2.10. The third-order valence-corrected chi connectivity index (χ3v) is 5.75. The van der Waals surface area contributed by atoms with Gasteiger partial charge in [0.15, 0.2) is 0 Å². The Labute approximate surface area is 178 Å². The van der Waals surface area contributed by atoms with Crippen LogP contribution in [0.3, 0.4) is 0 Å². The van der Waals surface area contributed by atoms with Gasteiger partial charge in [0.2, 0.25) is 5.88 Å².